The fourth-order valence-electron chi connectivity index (χ4n) is 2.73. The summed E-state index contributed by atoms with van der Waals surface area (Å²) in [5.74, 6) is -0.0506. The third-order valence-electron chi connectivity index (χ3n) is 3.66. The zero-order chi connectivity index (χ0) is 15.0. The third kappa shape index (κ3) is 2.52. The van der Waals surface area contributed by atoms with Gasteiger partial charge < -0.3 is 14.7 Å². The first-order valence-corrected chi connectivity index (χ1v) is 7.21. The summed E-state index contributed by atoms with van der Waals surface area (Å²) in [4.78, 5) is 14.2. The molecule has 0 fully saturated rings. The summed E-state index contributed by atoms with van der Waals surface area (Å²) in [6.45, 7) is 4.32. The minimum absolute atomic E-state index is 0.0506. The van der Waals surface area contributed by atoms with Crippen LogP contribution in [-0.2, 0) is 4.74 Å². The van der Waals surface area contributed by atoms with E-state index >= 15 is 0 Å². The van der Waals surface area contributed by atoms with Crippen LogP contribution in [0.25, 0.3) is 10.8 Å². The molecule has 0 saturated carbocycles. The second-order valence-corrected chi connectivity index (χ2v) is 5.63. The number of rotatable bonds is 5. The lowest BCUT2D eigenvalue weighted by molar-refractivity contribution is 0.00904. The van der Waals surface area contributed by atoms with Crippen molar-refractivity contribution in [3.05, 3.63) is 42.0 Å². The van der Waals surface area contributed by atoms with Gasteiger partial charge in [-0.25, -0.2) is 0 Å². The largest absolute Gasteiger partial charge is 0.389 e. The van der Waals surface area contributed by atoms with Gasteiger partial charge in [-0.15, -0.1) is 0 Å². The molecule has 3 rings (SSSR count). The second kappa shape index (κ2) is 5.47. The Kier molecular flexibility index (Phi) is 3.66. The van der Waals surface area contributed by atoms with Crippen LogP contribution in [0.1, 0.15) is 24.2 Å². The van der Waals surface area contributed by atoms with Crippen molar-refractivity contribution < 1.29 is 14.6 Å². The number of carbonyl (C=O) groups is 1. The fraction of sp³-hybridized carbons (Fsp3) is 0.353. The van der Waals surface area contributed by atoms with Gasteiger partial charge in [-0.2, -0.15) is 0 Å². The van der Waals surface area contributed by atoms with Crippen molar-refractivity contribution in [1.29, 1.82) is 0 Å². The summed E-state index contributed by atoms with van der Waals surface area (Å²) in [5.41, 5.74) is 1.58. The average Bonchev–Trinajstić information content (AvgIpc) is 2.73. The van der Waals surface area contributed by atoms with E-state index in [9.17, 15) is 9.90 Å². The minimum Gasteiger partial charge on any atom is -0.389 e. The number of ether oxygens (including phenoxy) is 1. The summed E-state index contributed by atoms with van der Waals surface area (Å²) < 4.78 is 5.41. The van der Waals surface area contributed by atoms with E-state index in [2.05, 4.69) is 0 Å². The number of amides is 1. The van der Waals surface area contributed by atoms with Crippen molar-refractivity contribution >= 4 is 22.4 Å². The van der Waals surface area contributed by atoms with Crippen LogP contribution in [0, 0.1) is 0 Å². The SMILES string of the molecule is CC(C)OCC(O)CN1C(=O)c2cccc3cccc1c23. The molecule has 21 heavy (non-hydrogen) atoms. The Morgan fingerprint density at radius 3 is 2.62 bits per heavy atom. The Hall–Kier alpha value is -1.91. The molecule has 4 heteroatoms. The molecule has 0 bridgehead atoms. The molecule has 0 aliphatic carbocycles. The summed E-state index contributed by atoms with van der Waals surface area (Å²) in [6.07, 6.45) is -0.629. The first-order valence-electron chi connectivity index (χ1n) is 7.21. The molecule has 1 amide bonds. The molecule has 2 aromatic rings. The van der Waals surface area contributed by atoms with E-state index in [0.717, 1.165) is 16.5 Å². The Bertz CT molecular complexity index is 676. The molecule has 0 spiro atoms. The van der Waals surface area contributed by atoms with Crippen molar-refractivity contribution in [2.45, 2.75) is 26.1 Å². The summed E-state index contributed by atoms with van der Waals surface area (Å²) >= 11 is 0. The molecule has 110 valence electrons. The van der Waals surface area contributed by atoms with Gasteiger partial charge in [-0.3, -0.25) is 4.79 Å². The van der Waals surface area contributed by atoms with E-state index in [0.29, 0.717) is 5.56 Å². The lowest BCUT2D eigenvalue weighted by Crippen LogP contribution is -2.37. The number of hydrogen-bond donors (Lipinski definition) is 1. The van der Waals surface area contributed by atoms with Gasteiger partial charge in [0.2, 0.25) is 0 Å². The molecule has 0 saturated heterocycles. The quantitative estimate of drug-likeness (QED) is 0.918. The van der Waals surface area contributed by atoms with Gasteiger partial charge in [0.1, 0.15) is 0 Å². The van der Waals surface area contributed by atoms with Crippen LogP contribution < -0.4 is 4.90 Å². The first kappa shape index (κ1) is 14.0. The molecule has 1 unspecified atom stereocenters. The van der Waals surface area contributed by atoms with E-state index in [4.69, 9.17) is 4.74 Å². The van der Waals surface area contributed by atoms with Gasteiger partial charge in [0.25, 0.3) is 5.91 Å². The van der Waals surface area contributed by atoms with Gasteiger partial charge in [0, 0.05) is 10.9 Å². The molecule has 1 aliphatic rings. The summed E-state index contributed by atoms with van der Waals surface area (Å²) in [7, 11) is 0. The topological polar surface area (TPSA) is 49.8 Å². The number of aliphatic hydroxyl groups is 1. The predicted molar refractivity (Wildman–Crippen MR) is 82.7 cm³/mol. The number of nitrogens with zero attached hydrogens (tertiary/aromatic N) is 1. The van der Waals surface area contributed by atoms with Gasteiger partial charge in [-0.05, 0) is 31.4 Å². The van der Waals surface area contributed by atoms with Crippen LogP contribution in [0.2, 0.25) is 0 Å². The number of carbonyl (C=O) groups excluding carboxylic acids is 1. The van der Waals surface area contributed by atoms with E-state index in [1.54, 1.807) is 4.90 Å². The minimum atomic E-state index is -0.694. The maximum absolute atomic E-state index is 12.5. The Morgan fingerprint density at radius 1 is 1.19 bits per heavy atom. The number of β-amino-alcohol motifs (C(OH)–C–C–N with tert-alkyl or cyclic N) is 1. The van der Waals surface area contributed by atoms with Crippen molar-refractivity contribution in [1.82, 2.24) is 0 Å². The Balaban J connectivity index is 1.86. The number of benzene rings is 2. The number of aliphatic hydroxyl groups excluding tert-OH is 1. The van der Waals surface area contributed by atoms with E-state index in [1.807, 2.05) is 50.2 Å². The van der Waals surface area contributed by atoms with Gasteiger partial charge in [-0.1, -0.05) is 24.3 Å². The van der Waals surface area contributed by atoms with Crippen LogP contribution in [0.5, 0.6) is 0 Å². The molecule has 4 nitrogen and oxygen atoms in total. The molecule has 0 aromatic heterocycles. The standard InChI is InChI=1S/C17H19NO3/c1-11(2)21-10-13(19)9-18-15-8-4-6-12-5-3-7-14(16(12)15)17(18)20/h3-8,11,13,19H,9-10H2,1-2H3. The first-order chi connectivity index (χ1) is 10.1. The van der Waals surface area contributed by atoms with Gasteiger partial charge >= 0.3 is 0 Å². The highest BCUT2D eigenvalue weighted by Crippen LogP contribution is 2.37. The van der Waals surface area contributed by atoms with Gasteiger partial charge in [0.05, 0.1) is 31.0 Å². The van der Waals surface area contributed by atoms with E-state index in [-0.39, 0.29) is 25.2 Å². The number of anilines is 1. The lowest BCUT2D eigenvalue weighted by atomic mass is 10.1. The highest BCUT2D eigenvalue weighted by Gasteiger charge is 2.30. The Morgan fingerprint density at radius 2 is 1.90 bits per heavy atom. The smallest absolute Gasteiger partial charge is 0.259 e. The monoisotopic (exact) mass is 285 g/mol. The molecule has 2 aromatic carbocycles. The highest BCUT2D eigenvalue weighted by atomic mass is 16.5. The molecule has 1 atom stereocenters. The average molecular weight is 285 g/mol. The maximum atomic E-state index is 12.5. The third-order valence-corrected chi connectivity index (χ3v) is 3.66. The number of hydrogen-bond acceptors (Lipinski definition) is 3. The predicted octanol–water partition coefficient (Wildman–Crippen LogP) is 2.59. The van der Waals surface area contributed by atoms with Crippen LogP contribution in [0.4, 0.5) is 5.69 Å². The molecule has 1 N–H and O–H groups in total. The fourth-order valence-corrected chi connectivity index (χ4v) is 2.73. The normalized spacial score (nSPS) is 15.2. The van der Waals surface area contributed by atoms with Crippen molar-refractivity contribution in [3.63, 3.8) is 0 Å². The summed E-state index contributed by atoms with van der Waals surface area (Å²) in [6, 6.07) is 11.6. The zero-order valence-electron chi connectivity index (χ0n) is 12.2. The van der Waals surface area contributed by atoms with Crippen LogP contribution in [0.3, 0.4) is 0 Å². The molecule has 1 aliphatic heterocycles. The van der Waals surface area contributed by atoms with E-state index in [1.165, 1.54) is 0 Å². The molecular weight excluding hydrogens is 266 g/mol. The molecule has 0 radical (unpaired) electrons. The maximum Gasteiger partial charge on any atom is 0.259 e. The van der Waals surface area contributed by atoms with Crippen molar-refractivity contribution in [2.24, 2.45) is 0 Å². The van der Waals surface area contributed by atoms with Crippen LogP contribution in [-0.4, -0.2) is 36.4 Å². The second-order valence-electron chi connectivity index (χ2n) is 5.63. The molecule has 1 heterocycles. The van der Waals surface area contributed by atoms with Crippen molar-refractivity contribution in [2.75, 3.05) is 18.1 Å². The van der Waals surface area contributed by atoms with Crippen molar-refractivity contribution in [3.8, 4) is 0 Å². The molecular formula is C17H19NO3. The van der Waals surface area contributed by atoms with Crippen LogP contribution >= 0.6 is 0 Å². The van der Waals surface area contributed by atoms with Gasteiger partial charge in [0.15, 0.2) is 0 Å². The summed E-state index contributed by atoms with van der Waals surface area (Å²) in [5, 5.41) is 12.1. The van der Waals surface area contributed by atoms with Crippen LogP contribution in [0.15, 0.2) is 36.4 Å². The zero-order valence-corrected chi connectivity index (χ0v) is 12.2. The highest BCUT2D eigenvalue weighted by molar-refractivity contribution is 6.25. The Labute approximate surface area is 123 Å². The lowest BCUT2D eigenvalue weighted by Gasteiger charge is -2.22. The van der Waals surface area contributed by atoms with E-state index < -0.39 is 6.10 Å².